The topological polar surface area (TPSA) is 123 Å². The Bertz CT molecular complexity index is 1000. The minimum absolute atomic E-state index is 0.0752. The first-order chi connectivity index (χ1) is 14.3. The highest BCUT2D eigenvalue weighted by Gasteiger charge is 2.27. The number of thioether (sulfide) groups is 2. The molecule has 1 aliphatic rings. The van der Waals surface area contributed by atoms with Gasteiger partial charge in [-0.3, -0.25) is 4.79 Å². The van der Waals surface area contributed by atoms with E-state index in [-0.39, 0.29) is 16.6 Å². The number of carbonyl (C=O) groups excluding carboxylic acids is 1. The number of aryl methyl sites for hydroxylation is 1. The van der Waals surface area contributed by atoms with Crippen molar-refractivity contribution in [3.63, 3.8) is 0 Å². The molecular formula is C18H26N6O3S3. The number of rotatable bonds is 7. The fraction of sp³-hybridized carbons (Fsp3) is 0.500. The highest BCUT2D eigenvalue weighted by atomic mass is 32.2. The predicted molar refractivity (Wildman–Crippen MR) is 120 cm³/mol. The number of nitrogens with two attached hydrogens (primary N) is 1. The molecule has 164 valence electrons. The average Bonchev–Trinajstić information content (AvgIpc) is 2.91. The summed E-state index contributed by atoms with van der Waals surface area (Å²) in [7, 11) is -3.60. The lowest BCUT2D eigenvalue weighted by molar-refractivity contribution is -0.113. The van der Waals surface area contributed by atoms with Gasteiger partial charge in [-0.1, -0.05) is 42.4 Å². The van der Waals surface area contributed by atoms with Crippen molar-refractivity contribution < 1.29 is 13.2 Å². The summed E-state index contributed by atoms with van der Waals surface area (Å²) >= 11 is 2.52. The van der Waals surface area contributed by atoms with Gasteiger partial charge in [0, 0.05) is 18.8 Å². The van der Waals surface area contributed by atoms with Crippen molar-refractivity contribution in [3.05, 3.63) is 23.8 Å². The van der Waals surface area contributed by atoms with E-state index >= 15 is 0 Å². The number of sulfonamides is 1. The zero-order chi connectivity index (χ0) is 21.7. The Morgan fingerprint density at radius 2 is 1.83 bits per heavy atom. The molecule has 3 rings (SSSR count). The lowest BCUT2D eigenvalue weighted by Gasteiger charge is -2.21. The van der Waals surface area contributed by atoms with Crippen molar-refractivity contribution >= 4 is 45.1 Å². The van der Waals surface area contributed by atoms with Crippen LogP contribution in [0.1, 0.15) is 31.2 Å². The summed E-state index contributed by atoms with van der Waals surface area (Å²) in [4.78, 5) is 12.6. The Labute approximate surface area is 185 Å². The largest absolute Gasteiger partial charge is 0.335 e. The van der Waals surface area contributed by atoms with E-state index in [1.54, 1.807) is 23.4 Å². The van der Waals surface area contributed by atoms with Gasteiger partial charge in [0.1, 0.15) is 0 Å². The van der Waals surface area contributed by atoms with Crippen LogP contribution in [0.25, 0.3) is 0 Å². The molecule has 12 heteroatoms. The maximum atomic E-state index is 13.2. The first-order valence-electron chi connectivity index (χ1n) is 9.61. The molecule has 1 fully saturated rings. The van der Waals surface area contributed by atoms with Crippen LogP contribution in [-0.4, -0.2) is 58.6 Å². The molecule has 1 aromatic heterocycles. The molecule has 1 aromatic carbocycles. The Morgan fingerprint density at radius 1 is 1.17 bits per heavy atom. The van der Waals surface area contributed by atoms with E-state index in [0.29, 0.717) is 34.7 Å². The Hall–Kier alpha value is -1.76. The van der Waals surface area contributed by atoms with Crippen LogP contribution in [0.3, 0.4) is 0 Å². The molecule has 1 amide bonds. The number of benzene rings is 1. The summed E-state index contributed by atoms with van der Waals surface area (Å²) in [5, 5.41) is 11.6. The Kier molecular flexibility index (Phi) is 7.66. The molecule has 1 saturated heterocycles. The van der Waals surface area contributed by atoms with Gasteiger partial charge in [-0.2, -0.15) is 4.31 Å². The minimum Gasteiger partial charge on any atom is -0.335 e. The van der Waals surface area contributed by atoms with Gasteiger partial charge < -0.3 is 11.2 Å². The molecule has 0 aliphatic carbocycles. The molecule has 2 heterocycles. The quantitative estimate of drug-likeness (QED) is 0.467. The van der Waals surface area contributed by atoms with E-state index in [1.807, 2.05) is 6.26 Å². The molecule has 9 nitrogen and oxygen atoms in total. The number of hydrogen-bond acceptors (Lipinski definition) is 8. The summed E-state index contributed by atoms with van der Waals surface area (Å²) in [6.07, 6.45) is 5.68. The lowest BCUT2D eigenvalue weighted by atomic mass is 10.2. The maximum Gasteiger partial charge on any atom is 0.243 e. The van der Waals surface area contributed by atoms with Crippen molar-refractivity contribution in [2.75, 3.05) is 36.3 Å². The molecule has 0 unspecified atom stereocenters. The monoisotopic (exact) mass is 470 g/mol. The normalized spacial score (nSPS) is 15.7. The minimum atomic E-state index is -3.60. The highest BCUT2D eigenvalue weighted by molar-refractivity contribution is 8.00. The van der Waals surface area contributed by atoms with Crippen molar-refractivity contribution in [2.24, 2.45) is 0 Å². The number of nitrogens with one attached hydrogen (secondary N) is 1. The fourth-order valence-corrected chi connectivity index (χ4v) is 6.09. The van der Waals surface area contributed by atoms with Crippen LogP contribution in [-0.2, 0) is 14.8 Å². The van der Waals surface area contributed by atoms with E-state index in [1.165, 1.54) is 22.5 Å². The van der Waals surface area contributed by atoms with E-state index < -0.39 is 10.0 Å². The summed E-state index contributed by atoms with van der Waals surface area (Å²) in [6.45, 7) is 2.84. The number of amides is 1. The lowest BCUT2D eigenvalue weighted by Crippen LogP contribution is -2.32. The molecule has 0 saturated carbocycles. The molecule has 0 spiro atoms. The van der Waals surface area contributed by atoms with Gasteiger partial charge in [-0.25, -0.2) is 13.1 Å². The van der Waals surface area contributed by atoms with Crippen LogP contribution >= 0.6 is 23.5 Å². The molecular weight excluding hydrogens is 444 g/mol. The number of aromatic nitrogens is 3. The molecule has 0 atom stereocenters. The number of anilines is 1. The van der Waals surface area contributed by atoms with Crippen LogP contribution in [0.15, 0.2) is 33.4 Å². The number of carbonyl (C=O) groups is 1. The fourth-order valence-electron chi connectivity index (χ4n) is 3.21. The first-order valence-corrected chi connectivity index (χ1v) is 13.3. The molecule has 30 heavy (non-hydrogen) atoms. The second-order valence-electron chi connectivity index (χ2n) is 6.97. The van der Waals surface area contributed by atoms with E-state index in [4.69, 9.17) is 5.84 Å². The summed E-state index contributed by atoms with van der Waals surface area (Å²) in [5.74, 6) is 5.66. The third-order valence-electron chi connectivity index (χ3n) is 4.80. The molecule has 1 aliphatic heterocycles. The standard InChI is InChI=1S/C18H26N6O3S3/c1-13-7-8-14(11-15(13)30(26,27)23-9-5-3-4-6-10-23)20-16(25)12-29-18-22-21-17(28-2)24(18)19/h7-8,11H,3-6,9-10,12,19H2,1-2H3,(H,20,25). The first kappa shape index (κ1) is 22.9. The second kappa shape index (κ2) is 10.0. The third kappa shape index (κ3) is 5.29. The van der Waals surface area contributed by atoms with Crippen LogP contribution in [0, 0.1) is 6.92 Å². The zero-order valence-electron chi connectivity index (χ0n) is 17.0. The van der Waals surface area contributed by atoms with Crippen LogP contribution < -0.4 is 11.2 Å². The van der Waals surface area contributed by atoms with Gasteiger partial charge >= 0.3 is 0 Å². The van der Waals surface area contributed by atoms with Gasteiger partial charge in [-0.15, -0.1) is 10.2 Å². The van der Waals surface area contributed by atoms with Crippen molar-refractivity contribution in [2.45, 2.75) is 47.8 Å². The SMILES string of the molecule is CSc1nnc(SCC(=O)Nc2ccc(C)c(S(=O)(=O)N3CCCCCC3)c2)n1N. The van der Waals surface area contributed by atoms with Crippen LogP contribution in [0.4, 0.5) is 5.69 Å². The van der Waals surface area contributed by atoms with E-state index in [2.05, 4.69) is 15.5 Å². The van der Waals surface area contributed by atoms with E-state index in [9.17, 15) is 13.2 Å². The summed E-state index contributed by atoms with van der Waals surface area (Å²) in [6, 6.07) is 4.96. The summed E-state index contributed by atoms with van der Waals surface area (Å²) < 4.78 is 29.2. The highest BCUT2D eigenvalue weighted by Crippen LogP contribution is 2.26. The van der Waals surface area contributed by atoms with Gasteiger partial charge in [-0.05, 0) is 43.7 Å². The maximum absolute atomic E-state index is 13.2. The van der Waals surface area contributed by atoms with Crippen molar-refractivity contribution in [3.8, 4) is 0 Å². The van der Waals surface area contributed by atoms with Gasteiger partial charge in [0.15, 0.2) is 0 Å². The molecule has 0 radical (unpaired) electrons. The van der Waals surface area contributed by atoms with E-state index in [0.717, 1.165) is 37.4 Å². The molecule has 0 bridgehead atoms. The van der Waals surface area contributed by atoms with Crippen LogP contribution in [0.5, 0.6) is 0 Å². The summed E-state index contributed by atoms with van der Waals surface area (Å²) in [5.41, 5.74) is 1.10. The third-order valence-corrected chi connectivity index (χ3v) is 8.43. The Morgan fingerprint density at radius 3 is 2.47 bits per heavy atom. The number of nitrogen functional groups attached to an aromatic ring is 1. The molecule has 3 N–H and O–H groups in total. The Balaban J connectivity index is 1.69. The van der Waals surface area contributed by atoms with Crippen LogP contribution in [0.2, 0.25) is 0 Å². The smallest absolute Gasteiger partial charge is 0.243 e. The van der Waals surface area contributed by atoms with Gasteiger partial charge in [0.2, 0.25) is 26.2 Å². The average molecular weight is 471 g/mol. The van der Waals surface area contributed by atoms with Crippen molar-refractivity contribution in [1.29, 1.82) is 0 Å². The zero-order valence-corrected chi connectivity index (χ0v) is 19.4. The molecule has 2 aromatic rings. The van der Waals surface area contributed by atoms with Crippen molar-refractivity contribution in [1.82, 2.24) is 19.2 Å². The number of nitrogens with zero attached hydrogens (tertiary/aromatic N) is 4. The van der Waals surface area contributed by atoms with Gasteiger partial charge in [0.05, 0.1) is 10.6 Å². The second-order valence-corrected chi connectivity index (χ2v) is 10.6. The number of hydrogen-bond donors (Lipinski definition) is 2. The van der Waals surface area contributed by atoms with Gasteiger partial charge in [0.25, 0.3) is 0 Å². The predicted octanol–water partition coefficient (Wildman–Crippen LogP) is 2.32.